The van der Waals surface area contributed by atoms with Gasteiger partial charge in [-0.3, -0.25) is 4.79 Å². The van der Waals surface area contributed by atoms with E-state index in [1.54, 1.807) is 30.3 Å². The maximum Gasteiger partial charge on any atom is 0.330 e. The molecule has 0 aliphatic rings. The van der Waals surface area contributed by atoms with Gasteiger partial charge in [0.25, 0.3) is 0 Å². The summed E-state index contributed by atoms with van der Waals surface area (Å²) in [6.45, 7) is 2.97. The highest BCUT2D eigenvalue weighted by Crippen LogP contribution is 2.12. The van der Waals surface area contributed by atoms with Crippen LogP contribution in [0.4, 0.5) is 0 Å². The van der Waals surface area contributed by atoms with Crippen molar-refractivity contribution in [1.29, 1.82) is 0 Å². The van der Waals surface area contributed by atoms with Gasteiger partial charge in [-0.2, -0.15) is 0 Å². The molecule has 2 N–H and O–H groups in total. The molecule has 0 aromatic heterocycles. The van der Waals surface area contributed by atoms with Crippen molar-refractivity contribution in [2.75, 3.05) is 26.4 Å². The minimum atomic E-state index is -1.11. The number of hydrogen-bond acceptors (Lipinski definition) is 4. The molecule has 0 unspecified atom stereocenters. The van der Waals surface area contributed by atoms with E-state index in [1.807, 2.05) is 6.92 Å². The zero-order valence-electron chi connectivity index (χ0n) is 11.4. The summed E-state index contributed by atoms with van der Waals surface area (Å²) >= 11 is 0. The molecule has 1 aromatic carbocycles. The molecule has 0 saturated carbocycles. The van der Waals surface area contributed by atoms with Crippen LogP contribution in [0.15, 0.2) is 30.3 Å². The molecule has 0 heterocycles. The third-order valence-corrected chi connectivity index (χ3v) is 2.49. The van der Waals surface area contributed by atoms with E-state index in [0.29, 0.717) is 25.4 Å². The minimum Gasteiger partial charge on any atom is -0.479 e. The summed E-state index contributed by atoms with van der Waals surface area (Å²) in [5.41, 5.74) is 0.516. The van der Waals surface area contributed by atoms with Crippen LogP contribution in [0.3, 0.4) is 0 Å². The molecule has 0 radical (unpaired) electrons. The summed E-state index contributed by atoms with van der Waals surface area (Å²) in [5, 5.41) is 11.6. The third kappa shape index (κ3) is 5.81. The number of hydrogen-bond donors (Lipinski definition) is 2. The van der Waals surface area contributed by atoms with Gasteiger partial charge in [-0.25, -0.2) is 4.79 Å². The van der Waals surface area contributed by atoms with Gasteiger partial charge >= 0.3 is 5.97 Å². The van der Waals surface area contributed by atoms with Crippen LogP contribution in [-0.2, 0) is 19.1 Å². The highest BCUT2D eigenvalue weighted by molar-refractivity contribution is 5.85. The van der Waals surface area contributed by atoms with Gasteiger partial charge in [0.2, 0.25) is 5.91 Å². The number of carbonyl (C=O) groups excluding carboxylic acids is 1. The first-order valence-electron chi connectivity index (χ1n) is 6.37. The molecule has 0 aliphatic carbocycles. The Morgan fingerprint density at radius 2 is 1.85 bits per heavy atom. The lowest BCUT2D eigenvalue weighted by Crippen LogP contribution is -2.36. The van der Waals surface area contributed by atoms with Crippen molar-refractivity contribution in [3.05, 3.63) is 35.9 Å². The topological polar surface area (TPSA) is 84.9 Å². The second-order valence-electron chi connectivity index (χ2n) is 4.00. The van der Waals surface area contributed by atoms with Gasteiger partial charge < -0.3 is 19.9 Å². The van der Waals surface area contributed by atoms with Crippen molar-refractivity contribution in [2.45, 2.75) is 13.0 Å². The summed E-state index contributed by atoms with van der Waals surface area (Å²) in [5.74, 6) is -1.59. The van der Waals surface area contributed by atoms with Crippen molar-refractivity contribution in [2.24, 2.45) is 0 Å². The van der Waals surface area contributed by atoms with Crippen LogP contribution in [0.5, 0.6) is 0 Å². The zero-order valence-corrected chi connectivity index (χ0v) is 11.4. The fourth-order valence-electron chi connectivity index (χ4n) is 1.56. The van der Waals surface area contributed by atoms with E-state index in [-0.39, 0.29) is 6.61 Å². The molecule has 0 saturated heterocycles. The van der Waals surface area contributed by atoms with Crippen LogP contribution in [0.1, 0.15) is 18.5 Å². The minimum absolute atomic E-state index is 0.191. The Bertz CT molecular complexity index is 421. The second kappa shape index (κ2) is 9.06. The lowest BCUT2D eigenvalue weighted by Gasteiger charge is -2.14. The SMILES string of the molecule is CCOCCOCC(=O)N[C@@H](C(=O)O)c1ccccc1. The molecule has 6 nitrogen and oxygen atoms in total. The summed E-state index contributed by atoms with van der Waals surface area (Å²) in [4.78, 5) is 22.8. The molecule has 0 aliphatic heterocycles. The van der Waals surface area contributed by atoms with Crippen LogP contribution < -0.4 is 5.32 Å². The smallest absolute Gasteiger partial charge is 0.330 e. The van der Waals surface area contributed by atoms with E-state index in [2.05, 4.69) is 5.32 Å². The first kappa shape index (κ1) is 16.1. The zero-order chi connectivity index (χ0) is 14.8. The first-order valence-corrected chi connectivity index (χ1v) is 6.37. The lowest BCUT2D eigenvalue weighted by molar-refractivity contribution is -0.142. The van der Waals surface area contributed by atoms with Gasteiger partial charge in [0.05, 0.1) is 13.2 Å². The van der Waals surface area contributed by atoms with E-state index in [1.165, 1.54) is 0 Å². The quantitative estimate of drug-likeness (QED) is 0.659. The predicted octanol–water partition coefficient (Wildman–Crippen LogP) is 0.982. The van der Waals surface area contributed by atoms with Gasteiger partial charge in [-0.05, 0) is 12.5 Å². The van der Waals surface area contributed by atoms with E-state index in [0.717, 1.165) is 0 Å². The molecular weight excluding hydrogens is 262 g/mol. The number of aliphatic carboxylic acids is 1. The summed E-state index contributed by atoms with van der Waals surface area (Å²) in [6.07, 6.45) is 0. The molecule has 0 spiro atoms. The van der Waals surface area contributed by atoms with Gasteiger partial charge in [-0.1, -0.05) is 30.3 Å². The van der Waals surface area contributed by atoms with Gasteiger partial charge in [0.15, 0.2) is 6.04 Å². The Hall–Kier alpha value is -1.92. The summed E-state index contributed by atoms with van der Waals surface area (Å²) in [7, 11) is 0. The first-order chi connectivity index (χ1) is 9.65. The Kier molecular flexibility index (Phi) is 7.31. The number of ether oxygens (including phenoxy) is 2. The average molecular weight is 281 g/mol. The Balaban J connectivity index is 2.43. The molecule has 1 atom stereocenters. The van der Waals surface area contributed by atoms with E-state index < -0.39 is 17.9 Å². The Morgan fingerprint density at radius 3 is 2.45 bits per heavy atom. The number of nitrogens with one attached hydrogen (secondary N) is 1. The van der Waals surface area contributed by atoms with E-state index in [4.69, 9.17) is 14.6 Å². The maximum atomic E-state index is 11.6. The number of carboxylic acid groups (broad SMARTS) is 1. The molecule has 6 heteroatoms. The van der Waals surface area contributed by atoms with Crippen molar-refractivity contribution < 1.29 is 24.2 Å². The van der Waals surface area contributed by atoms with Gasteiger partial charge in [0, 0.05) is 6.61 Å². The fourth-order valence-corrected chi connectivity index (χ4v) is 1.56. The normalized spacial score (nSPS) is 11.8. The Morgan fingerprint density at radius 1 is 1.20 bits per heavy atom. The molecule has 110 valence electrons. The van der Waals surface area contributed by atoms with Gasteiger partial charge in [-0.15, -0.1) is 0 Å². The standard InChI is InChI=1S/C14H19NO5/c1-2-19-8-9-20-10-12(16)15-13(14(17)18)11-6-4-3-5-7-11/h3-7,13H,2,8-10H2,1H3,(H,15,16)(H,17,18)/t13-/m1/s1. The number of rotatable bonds is 9. The Labute approximate surface area is 117 Å². The van der Waals surface area contributed by atoms with Crippen LogP contribution >= 0.6 is 0 Å². The number of carboxylic acids is 1. The molecule has 0 bridgehead atoms. The molecule has 20 heavy (non-hydrogen) atoms. The third-order valence-electron chi connectivity index (χ3n) is 2.49. The summed E-state index contributed by atoms with van der Waals surface area (Å²) < 4.78 is 10.1. The largest absolute Gasteiger partial charge is 0.479 e. The molecule has 0 fully saturated rings. The number of carbonyl (C=O) groups is 2. The predicted molar refractivity (Wildman–Crippen MR) is 72.3 cm³/mol. The monoisotopic (exact) mass is 281 g/mol. The highest BCUT2D eigenvalue weighted by atomic mass is 16.5. The van der Waals surface area contributed by atoms with Gasteiger partial charge in [0.1, 0.15) is 6.61 Å². The van der Waals surface area contributed by atoms with E-state index in [9.17, 15) is 9.59 Å². The molecular formula is C14H19NO5. The van der Waals surface area contributed by atoms with Crippen molar-refractivity contribution >= 4 is 11.9 Å². The van der Waals surface area contributed by atoms with Crippen LogP contribution in [0.2, 0.25) is 0 Å². The van der Waals surface area contributed by atoms with Crippen molar-refractivity contribution in [3.63, 3.8) is 0 Å². The van der Waals surface area contributed by atoms with Crippen LogP contribution in [0, 0.1) is 0 Å². The fraction of sp³-hybridized carbons (Fsp3) is 0.429. The average Bonchev–Trinajstić information content (AvgIpc) is 2.45. The highest BCUT2D eigenvalue weighted by Gasteiger charge is 2.21. The van der Waals surface area contributed by atoms with Crippen LogP contribution in [0.25, 0.3) is 0 Å². The maximum absolute atomic E-state index is 11.6. The van der Waals surface area contributed by atoms with E-state index >= 15 is 0 Å². The van der Waals surface area contributed by atoms with Crippen LogP contribution in [-0.4, -0.2) is 43.4 Å². The van der Waals surface area contributed by atoms with Crippen molar-refractivity contribution in [3.8, 4) is 0 Å². The molecule has 1 aromatic rings. The second-order valence-corrected chi connectivity index (χ2v) is 4.00. The molecule has 1 amide bonds. The number of amides is 1. The number of benzene rings is 1. The lowest BCUT2D eigenvalue weighted by atomic mass is 10.1. The van der Waals surface area contributed by atoms with Crippen molar-refractivity contribution in [1.82, 2.24) is 5.32 Å². The summed E-state index contributed by atoms with van der Waals surface area (Å²) in [6, 6.07) is 7.44. The molecule has 1 rings (SSSR count).